The van der Waals surface area contributed by atoms with Gasteiger partial charge in [0.1, 0.15) is 0 Å². The van der Waals surface area contributed by atoms with Crippen molar-refractivity contribution in [3.05, 3.63) is 71.8 Å². The molecule has 154 valence electrons. The van der Waals surface area contributed by atoms with Crippen LogP contribution in [-0.2, 0) is 21.2 Å². The summed E-state index contributed by atoms with van der Waals surface area (Å²) in [6, 6.07) is 16.7. The molecule has 0 saturated carbocycles. The molecule has 1 aliphatic rings. The lowest BCUT2D eigenvalue weighted by atomic mass is 10.1. The van der Waals surface area contributed by atoms with E-state index in [0.717, 1.165) is 37.7 Å². The van der Waals surface area contributed by atoms with Crippen LogP contribution >= 0.6 is 0 Å². The summed E-state index contributed by atoms with van der Waals surface area (Å²) in [5, 5.41) is 2.86. The Morgan fingerprint density at radius 3 is 2.24 bits per heavy atom. The highest BCUT2D eigenvalue weighted by Gasteiger charge is 2.24. The number of nitrogens with zero attached hydrogens (tertiary/aromatic N) is 1. The van der Waals surface area contributed by atoms with E-state index in [2.05, 4.69) is 5.32 Å². The average molecular weight is 413 g/mol. The van der Waals surface area contributed by atoms with Crippen LogP contribution in [0.2, 0.25) is 0 Å². The zero-order valence-corrected chi connectivity index (χ0v) is 17.4. The van der Waals surface area contributed by atoms with Gasteiger partial charge in [0.15, 0.2) is 0 Å². The van der Waals surface area contributed by atoms with E-state index >= 15 is 0 Å². The van der Waals surface area contributed by atoms with Gasteiger partial charge in [-0.3, -0.25) is 4.79 Å². The molecule has 2 aromatic carbocycles. The van der Waals surface area contributed by atoms with E-state index in [-0.39, 0.29) is 5.91 Å². The molecule has 1 N–H and O–H groups in total. The van der Waals surface area contributed by atoms with E-state index in [1.807, 2.05) is 30.3 Å². The normalized spacial score (nSPS) is 15.9. The van der Waals surface area contributed by atoms with E-state index in [0.29, 0.717) is 24.5 Å². The number of sulfonamides is 1. The minimum Gasteiger partial charge on any atom is -0.352 e. The first kappa shape index (κ1) is 21.3. The highest BCUT2D eigenvalue weighted by atomic mass is 32.2. The lowest BCUT2D eigenvalue weighted by Gasteiger charge is -2.19. The molecule has 0 unspecified atom stereocenters. The molecule has 3 rings (SSSR count). The summed E-state index contributed by atoms with van der Waals surface area (Å²) in [5.41, 5.74) is 1.97. The summed E-state index contributed by atoms with van der Waals surface area (Å²) in [7, 11) is -3.44. The Balaban J connectivity index is 1.53. The predicted octanol–water partition coefficient (Wildman–Crippen LogP) is 3.62. The summed E-state index contributed by atoms with van der Waals surface area (Å²) in [4.78, 5) is 12.3. The Hall–Kier alpha value is -2.44. The fourth-order valence-electron chi connectivity index (χ4n) is 3.39. The van der Waals surface area contributed by atoms with Gasteiger partial charge in [0, 0.05) is 25.7 Å². The van der Waals surface area contributed by atoms with Crippen LogP contribution in [0.1, 0.15) is 36.8 Å². The van der Waals surface area contributed by atoms with Crippen molar-refractivity contribution in [3.63, 3.8) is 0 Å². The lowest BCUT2D eigenvalue weighted by Crippen LogP contribution is -2.31. The van der Waals surface area contributed by atoms with Crippen molar-refractivity contribution < 1.29 is 13.2 Å². The van der Waals surface area contributed by atoms with Gasteiger partial charge in [0.2, 0.25) is 15.9 Å². The van der Waals surface area contributed by atoms with Crippen LogP contribution in [0.3, 0.4) is 0 Å². The van der Waals surface area contributed by atoms with E-state index < -0.39 is 10.0 Å². The molecule has 1 amide bonds. The standard InChI is InChI=1S/C23H28N2O3S/c26-23(24-17-16-20-8-4-3-5-9-20)15-12-21-10-13-22(14-11-21)29(27,28)25-18-6-1-2-7-19-25/h3-5,8-15H,1-2,6-7,16-19H2,(H,24,26)/b15-12+. The molecule has 0 aliphatic carbocycles. The number of hydrogen-bond acceptors (Lipinski definition) is 3. The third-order valence-corrected chi connectivity index (χ3v) is 6.98. The molecule has 1 aliphatic heterocycles. The molecular weight excluding hydrogens is 384 g/mol. The van der Waals surface area contributed by atoms with E-state index in [4.69, 9.17) is 0 Å². The molecular formula is C23H28N2O3S. The minimum absolute atomic E-state index is 0.165. The number of carbonyl (C=O) groups excluding carboxylic acids is 1. The first-order valence-electron chi connectivity index (χ1n) is 10.2. The second-order valence-electron chi connectivity index (χ2n) is 7.25. The van der Waals surface area contributed by atoms with Crippen molar-refractivity contribution in [2.45, 2.75) is 37.0 Å². The van der Waals surface area contributed by atoms with Crippen molar-refractivity contribution in [1.29, 1.82) is 0 Å². The fourth-order valence-corrected chi connectivity index (χ4v) is 4.90. The Labute approximate surface area is 173 Å². The molecule has 1 heterocycles. The largest absolute Gasteiger partial charge is 0.352 e. The van der Waals surface area contributed by atoms with Crippen LogP contribution in [0, 0.1) is 0 Å². The first-order valence-corrected chi connectivity index (χ1v) is 11.6. The Kier molecular flexibility index (Phi) is 7.61. The van der Waals surface area contributed by atoms with Gasteiger partial charge < -0.3 is 5.32 Å². The van der Waals surface area contributed by atoms with Gasteiger partial charge in [-0.05, 0) is 48.6 Å². The quantitative estimate of drug-likeness (QED) is 0.707. The van der Waals surface area contributed by atoms with Crippen molar-refractivity contribution in [3.8, 4) is 0 Å². The molecule has 5 nitrogen and oxygen atoms in total. The highest BCUT2D eigenvalue weighted by molar-refractivity contribution is 7.89. The summed E-state index contributed by atoms with van der Waals surface area (Å²) in [6.07, 6.45) is 7.96. The smallest absolute Gasteiger partial charge is 0.244 e. The van der Waals surface area contributed by atoms with E-state index in [9.17, 15) is 13.2 Å². The Bertz CT molecular complexity index is 914. The molecule has 2 aromatic rings. The number of hydrogen-bond donors (Lipinski definition) is 1. The van der Waals surface area contributed by atoms with Gasteiger partial charge >= 0.3 is 0 Å². The molecule has 29 heavy (non-hydrogen) atoms. The second kappa shape index (κ2) is 10.4. The molecule has 0 spiro atoms. The van der Waals surface area contributed by atoms with Gasteiger partial charge in [-0.15, -0.1) is 0 Å². The lowest BCUT2D eigenvalue weighted by molar-refractivity contribution is -0.116. The van der Waals surface area contributed by atoms with Gasteiger partial charge in [-0.25, -0.2) is 8.42 Å². The number of benzene rings is 2. The Morgan fingerprint density at radius 1 is 0.931 bits per heavy atom. The third kappa shape index (κ3) is 6.27. The van der Waals surface area contributed by atoms with Crippen LogP contribution in [-0.4, -0.2) is 38.3 Å². The molecule has 1 saturated heterocycles. The second-order valence-corrected chi connectivity index (χ2v) is 9.19. The van der Waals surface area contributed by atoms with Crippen molar-refractivity contribution in [2.75, 3.05) is 19.6 Å². The molecule has 0 bridgehead atoms. The van der Waals surface area contributed by atoms with Crippen LogP contribution in [0.5, 0.6) is 0 Å². The van der Waals surface area contributed by atoms with Gasteiger partial charge in [0.05, 0.1) is 4.90 Å². The minimum atomic E-state index is -3.44. The predicted molar refractivity (Wildman–Crippen MR) is 116 cm³/mol. The van der Waals surface area contributed by atoms with Crippen LogP contribution in [0.25, 0.3) is 6.08 Å². The maximum absolute atomic E-state index is 12.8. The summed E-state index contributed by atoms with van der Waals surface area (Å²) >= 11 is 0. The SMILES string of the molecule is O=C(/C=C/c1ccc(S(=O)(=O)N2CCCCCC2)cc1)NCCc1ccccc1. The maximum Gasteiger partial charge on any atom is 0.244 e. The number of nitrogens with one attached hydrogen (secondary N) is 1. The highest BCUT2D eigenvalue weighted by Crippen LogP contribution is 2.21. The van der Waals surface area contributed by atoms with Crippen LogP contribution in [0.15, 0.2) is 65.6 Å². The molecule has 1 fully saturated rings. The van der Waals surface area contributed by atoms with Gasteiger partial charge in [-0.1, -0.05) is 55.3 Å². The Morgan fingerprint density at radius 2 is 1.59 bits per heavy atom. The van der Waals surface area contributed by atoms with Crippen molar-refractivity contribution in [1.82, 2.24) is 9.62 Å². The van der Waals surface area contributed by atoms with Crippen molar-refractivity contribution in [2.24, 2.45) is 0 Å². The zero-order valence-electron chi connectivity index (χ0n) is 16.6. The summed E-state index contributed by atoms with van der Waals surface area (Å²) in [5.74, 6) is -0.165. The van der Waals surface area contributed by atoms with Crippen LogP contribution < -0.4 is 5.32 Å². The summed E-state index contributed by atoms with van der Waals surface area (Å²) < 4.78 is 27.2. The maximum atomic E-state index is 12.8. The molecule has 0 aromatic heterocycles. The monoisotopic (exact) mass is 412 g/mol. The zero-order chi connectivity index (χ0) is 20.5. The summed E-state index contributed by atoms with van der Waals surface area (Å²) in [6.45, 7) is 1.75. The van der Waals surface area contributed by atoms with E-state index in [1.54, 1.807) is 34.6 Å². The number of carbonyl (C=O) groups is 1. The average Bonchev–Trinajstić information content (AvgIpc) is 3.04. The number of rotatable bonds is 7. The third-order valence-electron chi connectivity index (χ3n) is 5.07. The van der Waals surface area contributed by atoms with Gasteiger partial charge in [0.25, 0.3) is 0 Å². The fraction of sp³-hybridized carbons (Fsp3) is 0.348. The molecule has 0 atom stereocenters. The van der Waals surface area contributed by atoms with Gasteiger partial charge in [-0.2, -0.15) is 4.31 Å². The molecule has 6 heteroatoms. The van der Waals surface area contributed by atoms with Crippen molar-refractivity contribution >= 4 is 22.0 Å². The topological polar surface area (TPSA) is 66.5 Å². The van der Waals surface area contributed by atoms with Crippen LogP contribution in [0.4, 0.5) is 0 Å². The molecule has 0 radical (unpaired) electrons. The number of amides is 1. The van der Waals surface area contributed by atoms with E-state index in [1.165, 1.54) is 11.6 Å². The first-order chi connectivity index (χ1) is 14.1.